The number of amidine groups is 2. The number of nitrogens with one attached hydrogen (secondary N) is 1. The Morgan fingerprint density at radius 3 is 2.64 bits per heavy atom. The molecule has 7 heteroatoms. The minimum Gasteiger partial charge on any atom is -0.318 e. The zero-order chi connectivity index (χ0) is 20.2. The Kier molecular flexibility index (Phi) is 4.34. The fraction of sp³-hybridized carbons (Fsp3) is 0.238. The van der Waals surface area contributed by atoms with Gasteiger partial charge < -0.3 is 4.57 Å². The number of aryl methyl sites for hydroxylation is 2. The summed E-state index contributed by atoms with van der Waals surface area (Å²) in [4.78, 5) is 16.6. The van der Waals surface area contributed by atoms with Crippen LogP contribution in [-0.2, 0) is 4.79 Å². The van der Waals surface area contributed by atoms with Gasteiger partial charge in [-0.05, 0) is 81.3 Å². The van der Waals surface area contributed by atoms with Crippen molar-refractivity contribution in [2.24, 2.45) is 10.1 Å². The number of rotatable bonds is 2. The fourth-order valence-electron chi connectivity index (χ4n) is 3.53. The topological polar surface area (TPSA) is 73.8 Å². The van der Waals surface area contributed by atoms with E-state index in [-0.39, 0.29) is 11.4 Å². The lowest BCUT2D eigenvalue weighted by Gasteiger charge is -2.20. The third-order valence-corrected chi connectivity index (χ3v) is 5.97. The molecule has 2 aliphatic heterocycles. The van der Waals surface area contributed by atoms with Crippen molar-refractivity contribution in [2.75, 3.05) is 0 Å². The summed E-state index contributed by atoms with van der Waals surface area (Å²) in [5.74, 6) is -0.332. The molecule has 0 saturated heterocycles. The normalized spacial score (nSPS) is 17.9. The van der Waals surface area contributed by atoms with Gasteiger partial charge in [0.1, 0.15) is 0 Å². The molecule has 0 radical (unpaired) electrons. The Bertz CT molecular complexity index is 1140. The monoisotopic (exact) mass is 391 g/mol. The van der Waals surface area contributed by atoms with Gasteiger partial charge in [0.05, 0.1) is 10.6 Å². The lowest BCUT2D eigenvalue weighted by Crippen LogP contribution is -2.35. The van der Waals surface area contributed by atoms with Crippen LogP contribution in [0.25, 0.3) is 11.8 Å². The first kappa shape index (κ1) is 18.4. The van der Waals surface area contributed by atoms with Crippen LogP contribution in [-0.4, -0.2) is 31.5 Å². The van der Waals surface area contributed by atoms with Crippen LogP contribution >= 0.6 is 11.8 Å². The number of aromatic nitrogens is 1. The molecule has 2 aromatic rings. The minimum atomic E-state index is -0.398. The van der Waals surface area contributed by atoms with Crippen molar-refractivity contribution >= 4 is 39.8 Å². The lowest BCUT2D eigenvalue weighted by atomic mass is 10.1. The Morgan fingerprint density at radius 1 is 1.14 bits per heavy atom. The summed E-state index contributed by atoms with van der Waals surface area (Å²) in [6.07, 6.45) is 1.75. The van der Waals surface area contributed by atoms with Crippen molar-refractivity contribution < 1.29 is 4.79 Å². The molecule has 0 atom stereocenters. The zero-order valence-corrected chi connectivity index (χ0v) is 17.3. The molecule has 6 nitrogen and oxygen atoms in total. The largest absolute Gasteiger partial charge is 0.318 e. The Balaban J connectivity index is 1.81. The van der Waals surface area contributed by atoms with Gasteiger partial charge in [0, 0.05) is 17.1 Å². The standard InChI is InChI=1S/C21H21N5OS/c1-11-7-6-8-18(13(11)3)25-12(2)9-16(14(25)4)10-17-19(22)26-21(23-20(17)27)28-15(5)24-26/h6-10,22H,1-5H3. The molecule has 1 amide bonds. The molecule has 0 bridgehead atoms. The van der Waals surface area contributed by atoms with Crippen LogP contribution in [0.4, 0.5) is 0 Å². The summed E-state index contributed by atoms with van der Waals surface area (Å²) < 4.78 is 2.19. The SMILES string of the molecule is CC1=NN2C(=N)C(=Cc3cc(C)n(-c4cccc(C)c4C)c3C)C(=O)N=C2S1. The molecule has 1 N–H and O–H groups in total. The van der Waals surface area contributed by atoms with E-state index in [9.17, 15) is 4.79 Å². The summed E-state index contributed by atoms with van der Waals surface area (Å²) in [5, 5.41) is 15.4. The molecule has 4 rings (SSSR count). The van der Waals surface area contributed by atoms with Crippen molar-refractivity contribution in [1.29, 1.82) is 5.41 Å². The second-order valence-corrected chi connectivity index (χ2v) is 8.18. The Hall–Kier alpha value is -2.93. The molecule has 142 valence electrons. The van der Waals surface area contributed by atoms with E-state index in [0.717, 1.165) is 27.7 Å². The molecular formula is C21H21N5OS. The third-order valence-electron chi connectivity index (χ3n) is 5.14. The lowest BCUT2D eigenvalue weighted by molar-refractivity contribution is -0.114. The van der Waals surface area contributed by atoms with Crippen molar-refractivity contribution in [3.8, 4) is 5.69 Å². The fourth-order valence-corrected chi connectivity index (χ4v) is 4.26. The number of hydrogen-bond donors (Lipinski definition) is 1. The van der Waals surface area contributed by atoms with Gasteiger partial charge in [-0.2, -0.15) is 15.1 Å². The molecule has 0 fully saturated rings. The third kappa shape index (κ3) is 2.82. The van der Waals surface area contributed by atoms with Crippen LogP contribution in [0, 0.1) is 33.1 Å². The first-order valence-electron chi connectivity index (χ1n) is 9.00. The molecular weight excluding hydrogens is 370 g/mol. The maximum absolute atomic E-state index is 12.5. The number of carbonyl (C=O) groups is 1. The van der Waals surface area contributed by atoms with Crippen molar-refractivity contribution in [3.63, 3.8) is 0 Å². The smallest absolute Gasteiger partial charge is 0.283 e. The van der Waals surface area contributed by atoms with Crippen LogP contribution < -0.4 is 0 Å². The molecule has 3 heterocycles. The molecule has 0 aliphatic carbocycles. The molecule has 1 aromatic carbocycles. The number of nitrogens with zero attached hydrogens (tertiary/aromatic N) is 4. The summed E-state index contributed by atoms with van der Waals surface area (Å²) in [5.41, 5.74) is 6.82. The number of hydrogen-bond acceptors (Lipinski definition) is 4. The summed E-state index contributed by atoms with van der Waals surface area (Å²) in [6, 6.07) is 8.29. The van der Waals surface area contributed by atoms with Gasteiger partial charge in [-0.25, -0.2) is 0 Å². The maximum atomic E-state index is 12.5. The van der Waals surface area contributed by atoms with E-state index < -0.39 is 5.91 Å². The van der Waals surface area contributed by atoms with Crippen molar-refractivity contribution in [3.05, 3.63) is 57.9 Å². The van der Waals surface area contributed by atoms with E-state index in [1.165, 1.54) is 27.9 Å². The van der Waals surface area contributed by atoms with Crippen LogP contribution in [0.1, 0.15) is 35.0 Å². The van der Waals surface area contributed by atoms with Gasteiger partial charge in [0.15, 0.2) is 5.84 Å². The molecule has 0 unspecified atom stereocenters. The number of thioether (sulfide) groups is 1. The first-order valence-corrected chi connectivity index (χ1v) is 9.82. The van der Waals surface area contributed by atoms with E-state index in [4.69, 9.17) is 5.41 Å². The van der Waals surface area contributed by atoms with Gasteiger partial charge in [-0.1, -0.05) is 12.1 Å². The highest BCUT2D eigenvalue weighted by atomic mass is 32.2. The van der Waals surface area contributed by atoms with Crippen LogP contribution in [0.15, 0.2) is 39.9 Å². The number of amides is 1. The van der Waals surface area contributed by atoms with E-state index in [1.807, 2.05) is 26.8 Å². The predicted octanol–water partition coefficient (Wildman–Crippen LogP) is 4.35. The van der Waals surface area contributed by atoms with E-state index in [0.29, 0.717) is 5.17 Å². The van der Waals surface area contributed by atoms with E-state index in [1.54, 1.807) is 6.08 Å². The second-order valence-electron chi connectivity index (χ2n) is 7.02. The van der Waals surface area contributed by atoms with Crippen LogP contribution in [0.5, 0.6) is 0 Å². The number of carbonyl (C=O) groups excluding carboxylic acids is 1. The molecule has 0 saturated carbocycles. The van der Waals surface area contributed by atoms with Crippen LogP contribution in [0.2, 0.25) is 0 Å². The number of hydrazone groups is 1. The van der Waals surface area contributed by atoms with Crippen LogP contribution in [0.3, 0.4) is 0 Å². The van der Waals surface area contributed by atoms with Gasteiger partial charge in [-0.3, -0.25) is 10.2 Å². The van der Waals surface area contributed by atoms with E-state index in [2.05, 4.69) is 46.7 Å². The predicted molar refractivity (Wildman–Crippen MR) is 115 cm³/mol. The zero-order valence-electron chi connectivity index (χ0n) is 16.5. The quantitative estimate of drug-likeness (QED) is 0.774. The highest BCUT2D eigenvalue weighted by molar-refractivity contribution is 8.26. The number of fused-ring (bicyclic) bond motifs is 1. The molecule has 2 aliphatic rings. The highest BCUT2D eigenvalue weighted by Crippen LogP contribution is 2.30. The average Bonchev–Trinajstić information content (AvgIpc) is 3.13. The average molecular weight is 392 g/mol. The van der Waals surface area contributed by atoms with Gasteiger partial charge >= 0.3 is 0 Å². The summed E-state index contributed by atoms with van der Waals surface area (Å²) in [7, 11) is 0. The van der Waals surface area contributed by atoms with Crippen molar-refractivity contribution in [2.45, 2.75) is 34.6 Å². The number of benzene rings is 1. The van der Waals surface area contributed by atoms with E-state index >= 15 is 0 Å². The van der Waals surface area contributed by atoms with Crippen molar-refractivity contribution in [1.82, 2.24) is 9.58 Å². The maximum Gasteiger partial charge on any atom is 0.283 e. The Labute approximate surface area is 168 Å². The molecule has 28 heavy (non-hydrogen) atoms. The summed E-state index contributed by atoms with van der Waals surface area (Å²) in [6.45, 7) is 10.1. The molecule has 1 aromatic heterocycles. The summed E-state index contributed by atoms with van der Waals surface area (Å²) >= 11 is 1.31. The Morgan fingerprint density at radius 2 is 1.89 bits per heavy atom. The van der Waals surface area contributed by atoms with Gasteiger partial charge in [0.2, 0.25) is 5.17 Å². The highest BCUT2D eigenvalue weighted by Gasteiger charge is 2.34. The number of aliphatic imine (C=N–C) groups is 1. The van der Waals surface area contributed by atoms with Gasteiger partial charge in [-0.15, -0.1) is 0 Å². The van der Waals surface area contributed by atoms with Gasteiger partial charge in [0.25, 0.3) is 5.91 Å². The minimum absolute atomic E-state index is 0.0656. The second kappa shape index (κ2) is 6.60. The first-order chi connectivity index (χ1) is 13.3. The molecule has 0 spiro atoms.